The monoisotopic (exact) mass is 312 g/mol. The van der Waals surface area contributed by atoms with Crippen molar-refractivity contribution < 1.29 is 19.5 Å². The summed E-state index contributed by atoms with van der Waals surface area (Å²) >= 11 is 1.44. The van der Waals surface area contributed by atoms with Crippen LogP contribution in [0.15, 0.2) is 16.8 Å². The molecule has 0 fully saturated rings. The Balaban J connectivity index is 2.19. The summed E-state index contributed by atoms with van der Waals surface area (Å²) in [7, 11) is 0. The lowest BCUT2D eigenvalue weighted by Crippen LogP contribution is -2.33. The lowest BCUT2D eigenvalue weighted by molar-refractivity contribution is -0.138. The molecule has 7 heteroatoms. The van der Waals surface area contributed by atoms with Gasteiger partial charge in [0.15, 0.2) is 0 Å². The van der Waals surface area contributed by atoms with Crippen molar-refractivity contribution in [1.29, 1.82) is 0 Å². The predicted octanol–water partition coefficient (Wildman–Crippen LogP) is 1.49. The third-order valence-electron chi connectivity index (χ3n) is 3.05. The minimum atomic E-state index is -0.862. The molecule has 1 rings (SSSR count). The van der Waals surface area contributed by atoms with E-state index in [-0.39, 0.29) is 37.1 Å². The van der Waals surface area contributed by atoms with E-state index in [0.717, 1.165) is 0 Å². The van der Waals surface area contributed by atoms with Gasteiger partial charge in [-0.2, -0.15) is 11.3 Å². The van der Waals surface area contributed by atoms with Gasteiger partial charge in [-0.1, -0.05) is 13.3 Å². The van der Waals surface area contributed by atoms with Gasteiger partial charge in [0, 0.05) is 36.9 Å². The van der Waals surface area contributed by atoms with Crippen LogP contribution >= 0.6 is 11.3 Å². The maximum Gasteiger partial charge on any atom is 0.303 e. The van der Waals surface area contributed by atoms with E-state index in [1.807, 2.05) is 12.3 Å². The summed E-state index contributed by atoms with van der Waals surface area (Å²) < 4.78 is 0. The van der Waals surface area contributed by atoms with Crippen LogP contribution in [0.5, 0.6) is 0 Å². The maximum atomic E-state index is 11.6. The van der Waals surface area contributed by atoms with Gasteiger partial charge in [-0.05, 0) is 17.4 Å². The molecule has 0 aliphatic heterocycles. The van der Waals surface area contributed by atoms with Gasteiger partial charge in [-0.3, -0.25) is 14.4 Å². The molecule has 1 aromatic rings. The Labute approximate surface area is 127 Å². The summed E-state index contributed by atoms with van der Waals surface area (Å²) in [4.78, 5) is 33.8. The van der Waals surface area contributed by atoms with Gasteiger partial charge in [0.1, 0.15) is 0 Å². The van der Waals surface area contributed by atoms with Crippen molar-refractivity contribution in [2.75, 3.05) is 13.1 Å². The van der Waals surface area contributed by atoms with E-state index in [9.17, 15) is 14.4 Å². The van der Waals surface area contributed by atoms with Crippen LogP contribution in [0.3, 0.4) is 0 Å². The van der Waals surface area contributed by atoms with E-state index < -0.39 is 5.97 Å². The van der Waals surface area contributed by atoms with Gasteiger partial charge in [0.2, 0.25) is 5.91 Å². The zero-order chi connectivity index (χ0) is 15.7. The number of amides is 2. The minimum Gasteiger partial charge on any atom is -0.481 e. The van der Waals surface area contributed by atoms with E-state index in [4.69, 9.17) is 5.11 Å². The molecule has 0 spiro atoms. The molecule has 21 heavy (non-hydrogen) atoms. The Morgan fingerprint density at radius 2 is 2.10 bits per heavy atom. The molecule has 0 bridgehead atoms. The van der Waals surface area contributed by atoms with Gasteiger partial charge >= 0.3 is 5.97 Å². The molecule has 1 unspecified atom stereocenters. The van der Waals surface area contributed by atoms with Crippen LogP contribution in [0.25, 0.3) is 0 Å². The van der Waals surface area contributed by atoms with Crippen molar-refractivity contribution in [3.8, 4) is 0 Å². The predicted molar refractivity (Wildman–Crippen MR) is 80.3 cm³/mol. The number of carboxylic acid groups (broad SMARTS) is 1. The highest BCUT2D eigenvalue weighted by Gasteiger charge is 2.12. The van der Waals surface area contributed by atoms with Crippen molar-refractivity contribution in [3.05, 3.63) is 22.4 Å². The Morgan fingerprint density at radius 1 is 1.33 bits per heavy atom. The van der Waals surface area contributed by atoms with Crippen molar-refractivity contribution >= 4 is 29.1 Å². The largest absolute Gasteiger partial charge is 0.481 e. The molecule has 3 N–H and O–H groups in total. The lowest BCUT2D eigenvalue weighted by Gasteiger charge is -2.13. The van der Waals surface area contributed by atoms with Gasteiger partial charge in [-0.25, -0.2) is 0 Å². The van der Waals surface area contributed by atoms with E-state index in [0.29, 0.717) is 18.5 Å². The third kappa shape index (κ3) is 6.89. The number of rotatable bonds is 9. The van der Waals surface area contributed by atoms with Crippen LogP contribution in [-0.2, 0) is 9.59 Å². The van der Waals surface area contributed by atoms with Crippen molar-refractivity contribution in [1.82, 2.24) is 10.6 Å². The summed E-state index contributed by atoms with van der Waals surface area (Å²) in [5, 5.41) is 17.6. The first kappa shape index (κ1) is 17.2. The van der Waals surface area contributed by atoms with Gasteiger partial charge < -0.3 is 15.7 Å². The van der Waals surface area contributed by atoms with Gasteiger partial charge in [-0.15, -0.1) is 0 Å². The highest BCUT2D eigenvalue weighted by molar-refractivity contribution is 7.08. The third-order valence-corrected chi connectivity index (χ3v) is 3.73. The minimum absolute atomic E-state index is 0.0473. The fourth-order valence-corrected chi connectivity index (χ4v) is 2.38. The van der Waals surface area contributed by atoms with Crippen LogP contribution in [-0.4, -0.2) is 36.0 Å². The Kier molecular flexibility index (Phi) is 7.45. The molecule has 0 aliphatic carbocycles. The number of nitrogens with one attached hydrogen (secondary N) is 2. The van der Waals surface area contributed by atoms with Crippen LogP contribution < -0.4 is 10.6 Å². The quantitative estimate of drug-likeness (QED) is 0.643. The smallest absolute Gasteiger partial charge is 0.303 e. The molecule has 0 radical (unpaired) electrons. The standard InChI is InChI=1S/C14H20N2O4S/c1-2-10(7-13(18)19)8-16-12(17)3-5-15-14(20)11-4-6-21-9-11/h4,6,9-10H,2-3,5,7-8H2,1H3,(H,15,20)(H,16,17)(H,18,19). The van der Waals surface area contributed by atoms with Crippen LogP contribution in [0.1, 0.15) is 36.5 Å². The molecule has 0 saturated carbocycles. The molecule has 1 aromatic heterocycles. The number of thiophene rings is 1. The topological polar surface area (TPSA) is 95.5 Å². The van der Waals surface area contributed by atoms with Crippen LogP contribution in [0.4, 0.5) is 0 Å². The number of aliphatic carboxylic acids is 1. The second-order valence-electron chi connectivity index (χ2n) is 4.69. The molecular formula is C14H20N2O4S. The Bertz CT molecular complexity index is 473. The van der Waals surface area contributed by atoms with Crippen molar-refractivity contribution in [2.45, 2.75) is 26.2 Å². The number of carbonyl (C=O) groups excluding carboxylic acids is 2. The van der Waals surface area contributed by atoms with Gasteiger partial charge in [0.05, 0.1) is 0 Å². The van der Waals surface area contributed by atoms with Crippen LogP contribution in [0, 0.1) is 5.92 Å². The van der Waals surface area contributed by atoms with E-state index >= 15 is 0 Å². The van der Waals surface area contributed by atoms with Crippen molar-refractivity contribution in [3.63, 3.8) is 0 Å². The molecule has 6 nitrogen and oxygen atoms in total. The van der Waals surface area contributed by atoms with E-state index in [1.165, 1.54) is 11.3 Å². The van der Waals surface area contributed by atoms with Crippen LogP contribution in [0.2, 0.25) is 0 Å². The molecule has 2 amide bonds. The molecule has 0 aliphatic rings. The summed E-state index contributed by atoms with van der Waals surface area (Å²) in [6, 6.07) is 1.72. The highest BCUT2D eigenvalue weighted by atomic mass is 32.1. The second-order valence-corrected chi connectivity index (χ2v) is 5.47. The summed E-state index contributed by atoms with van der Waals surface area (Å²) in [5.74, 6) is -1.31. The fraction of sp³-hybridized carbons (Fsp3) is 0.500. The number of carbonyl (C=O) groups is 3. The lowest BCUT2D eigenvalue weighted by atomic mass is 10.0. The van der Waals surface area contributed by atoms with E-state index in [1.54, 1.807) is 11.4 Å². The molecule has 1 atom stereocenters. The molecule has 116 valence electrons. The SMILES string of the molecule is CCC(CNC(=O)CCNC(=O)c1ccsc1)CC(=O)O. The zero-order valence-corrected chi connectivity index (χ0v) is 12.7. The second kappa shape index (κ2) is 9.12. The van der Waals surface area contributed by atoms with Crippen molar-refractivity contribution in [2.24, 2.45) is 5.92 Å². The summed E-state index contributed by atoms with van der Waals surface area (Å²) in [6.07, 6.45) is 0.923. The Morgan fingerprint density at radius 3 is 2.67 bits per heavy atom. The fourth-order valence-electron chi connectivity index (χ4n) is 1.74. The first-order valence-electron chi connectivity index (χ1n) is 6.81. The Hall–Kier alpha value is -1.89. The number of hydrogen-bond donors (Lipinski definition) is 3. The summed E-state index contributed by atoms with van der Waals surface area (Å²) in [6.45, 7) is 2.50. The molecule has 1 heterocycles. The molecule has 0 saturated heterocycles. The number of carboxylic acids is 1. The number of hydrogen-bond acceptors (Lipinski definition) is 4. The zero-order valence-electron chi connectivity index (χ0n) is 11.9. The first-order chi connectivity index (χ1) is 10.0. The molecule has 0 aromatic carbocycles. The van der Waals surface area contributed by atoms with Gasteiger partial charge in [0.25, 0.3) is 5.91 Å². The summed E-state index contributed by atoms with van der Waals surface area (Å²) in [5.41, 5.74) is 0.591. The normalized spacial score (nSPS) is 11.7. The first-order valence-corrected chi connectivity index (χ1v) is 7.76. The van der Waals surface area contributed by atoms with E-state index in [2.05, 4.69) is 10.6 Å². The average Bonchev–Trinajstić information content (AvgIpc) is 2.97. The maximum absolute atomic E-state index is 11.6. The highest BCUT2D eigenvalue weighted by Crippen LogP contribution is 2.07. The average molecular weight is 312 g/mol. The molecular weight excluding hydrogens is 292 g/mol.